The number of hydrogen-bond donors (Lipinski definition) is 1. The summed E-state index contributed by atoms with van der Waals surface area (Å²) in [5.41, 5.74) is 4.19. The van der Waals surface area contributed by atoms with Gasteiger partial charge in [-0.2, -0.15) is 5.10 Å². The van der Waals surface area contributed by atoms with E-state index < -0.39 is 0 Å². The highest BCUT2D eigenvalue weighted by molar-refractivity contribution is 5.58. The maximum absolute atomic E-state index is 5.55. The Hall–Kier alpha value is -2.63. The average molecular weight is 297 g/mol. The standard InChI is InChI=1S/C16H19N5O/c1-4-15-18-19-16(22-15)12-5-7-13(8-6-12)17-9-14-11(2)10-21(3)20-14/h5-8,10,17H,4,9H2,1-3H3. The molecular weight excluding hydrogens is 278 g/mol. The first-order chi connectivity index (χ1) is 10.7. The van der Waals surface area contributed by atoms with E-state index in [2.05, 4.69) is 27.5 Å². The van der Waals surface area contributed by atoms with Crippen LogP contribution in [0.1, 0.15) is 24.1 Å². The van der Waals surface area contributed by atoms with Crippen LogP contribution in [0.15, 0.2) is 34.9 Å². The number of aryl methyl sites for hydroxylation is 3. The fraction of sp³-hybridized carbons (Fsp3) is 0.312. The van der Waals surface area contributed by atoms with Crippen LogP contribution >= 0.6 is 0 Å². The average Bonchev–Trinajstić information content (AvgIpc) is 3.12. The van der Waals surface area contributed by atoms with Gasteiger partial charge in [0.1, 0.15) is 0 Å². The highest BCUT2D eigenvalue weighted by atomic mass is 16.4. The SMILES string of the molecule is CCc1nnc(-c2ccc(NCc3nn(C)cc3C)cc2)o1. The molecule has 6 nitrogen and oxygen atoms in total. The van der Waals surface area contributed by atoms with E-state index in [4.69, 9.17) is 4.42 Å². The minimum absolute atomic E-state index is 0.559. The third kappa shape index (κ3) is 3.00. The molecule has 22 heavy (non-hydrogen) atoms. The first-order valence-electron chi connectivity index (χ1n) is 7.31. The maximum atomic E-state index is 5.55. The van der Waals surface area contributed by atoms with Gasteiger partial charge in [0.2, 0.25) is 11.8 Å². The van der Waals surface area contributed by atoms with Crippen LogP contribution < -0.4 is 5.32 Å². The first kappa shape index (κ1) is 14.3. The summed E-state index contributed by atoms with van der Waals surface area (Å²) in [5.74, 6) is 1.21. The Labute approximate surface area is 129 Å². The quantitative estimate of drug-likeness (QED) is 0.784. The molecule has 0 amide bonds. The lowest BCUT2D eigenvalue weighted by atomic mass is 10.2. The summed E-state index contributed by atoms with van der Waals surface area (Å²) in [6.45, 7) is 4.75. The summed E-state index contributed by atoms with van der Waals surface area (Å²) in [6, 6.07) is 7.95. The zero-order valence-corrected chi connectivity index (χ0v) is 13.0. The molecule has 0 spiro atoms. The van der Waals surface area contributed by atoms with Gasteiger partial charge in [0.05, 0.1) is 12.2 Å². The smallest absolute Gasteiger partial charge is 0.247 e. The highest BCUT2D eigenvalue weighted by Gasteiger charge is 2.07. The largest absolute Gasteiger partial charge is 0.421 e. The molecule has 0 saturated heterocycles. The number of nitrogens with zero attached hydrogens (tertiary/aromatic N) is 4. The predicted molar refractivity (Wildman–Crippen MR) is 84.4 cm³/mol. The summed E-state index contributed by atoms with van der Waals surface area (Å²) >= 11 is 0. The van der Waals surface area contributed by atoms with Crippen molar-refractivity contribution in [2.45, 2.75) is 26.8 Å². The van der Waals surface area contributed by atoms with E-state index in [1.807, 2.05) is 49.1 Å². The van der Waals surface area contributed by atoms with Gasteiger partial charge < -0.3 is 9.73 Å². The number of benzene rings is 1. The summed E-state index contributed by atoms with van der Waals surface area (Å²) in [5, 5.41) is 15.8. The van der Waals surface area contributed by atoms with Crippen molar-refractivity contribution in [3.63, 3.8) is 0 Å². The second-order valence-corrected chi connectivity index (χ2v) is 5.22. The molecule has 2 aromatic heterocycles. The van der Waals surface area contributed by atoms with Crippen LogP contribution in [-0.2, 0) is 20.0 Å². The van der Waals surface area contributed by atoms with Gasteiger partial charge >= 0.3 is 0 Å². The first-order valence-corrected chi connectivity index (χ1v) is 7.31. The molecule has 1 aromatic carbocycles. The lowest BCUT2D eigenvalue weighted by Crippen LogP contribution is -2.02. The minimum Gasteiger partial charge on any atom is -0.421 e. The monoisotopic (exact) mass is 297 g/mol. The van der Waals surface area contributed by atoms with Crippen molar-refractivity contribution < 1.29 is 4.42 Å². The fourth-order valence-electron chi connectivity index (χ4n) is 2.26. The van der Waals surface area contributed by atoms with Gasteiger partial charge in [-0.05, 0) is 36.8 Å². The number of anilines is 1. The Balaban J connectivity index is 1.67. The molecule has 2 heterocycles. The van der Waals surface area contributed by atoms with E-state index in [0.717, 1.165) is 23.4 Å². The van der Waals surface area contributed by atoms with Gasteiger partial charge in [-0.25, -0.2) is 0 Å². The molecule has 0 radical (unpaired) electrons. The van der Waals surface area contributed by atoms with Crippen molar-refractivity contribution in [2.24, 2.45) is 7.05 Å². The topological polar surface area (TPSA) is 68.8 Å². The van der Waals surface area contributed by atoms with Crippen LogP contribution in [0.2, 0.25) is 0 Å². The van der Waals surface area contributed by atoms with Gasteiger partial charge in [-0.1, -0.05) is 6.92 Å². The van der Waals surface area contributed by atoms with Crippen LogP contribution in [0, 0.1) is 6.92 Å². The van der Waals surface area contributed by atoms with Gasteiger partial charge in [-0.15, -0.1) is 10.2 Å². The fourth-order valence-corrected chi connectivity index (χ4v) is 2.26. The molecule has 3 aromatic rings. The van der Waals surface area contributed by atoms with E-state index in [0.29, 0.717) is 18.3 Å². The lowest BCUT2D eigenvalue weighted by Gasteiger charge is -2.05. The summed E-state index contributed by atoms with van der Waals surface area (Å²) in [6.07, 6.45) is 2.76. The third-order valence-electron chi connectivity index (χ3n) is 3.48. The Morgan fingerprint density at radius 3 is 2.55 bits per heavy atom. The second kappa shape index (κ2) is 6.01. The predicted octanol–water partition coefficient (Wildman–Crippen LogP) is 2.95. The molecule has 0 unspecified atom stereocenters. The van der Waals surface area contributed by atoms with Crippen molar-refractivity contribution in [3.05, 3.63) is 47.6 Å². The van der Waals surface area contributed by atoms with Crippen molar-refractivity contribution in [1.82, 2.24) is 20.0 Å². The molecule has 0 bridgehead atoms. The molecule has 6 heteroatoms. The Kier molecular flexibility index (Phi) is 3.91. The molecule has 0 aliphatic rings. The van der Waals surface area contributed by atoms with Crippen molar-refractivity contribution in [3.8, 4) is 11.5 Å². The molecule has 0 atom stereocenters. The number of aromatic nitrogens is 4. The lowest BCUT2D eigenvalue weighted by molar-refractivity contribution is 0.513. The molecule has 0 fully saturated rings. The Morgan fingerprint density at radius 1 is 1.18 bits per heavy atom. The molecule has 114 valence electrons. The zero-order chi connectivity index (χ0) is 15.5. The molecular formula is C16H19N5O. The van der Waals surface area contributed by atoms with Gasteiger partial charge in [-0.3, -0.25) is 4.68 Å². The van der Waals surface area contributed by atoms with Gasteiger partial charge in [0.15, 0.2) is 0 Å². The Morgan fingerprint density at radius 2 is 1.95 bits per heavy atom. The van der Waals surface area contributed by atoms with E-state index in [9.17, 15) is 0 Å². The van der Waals surface area contributed by atoms with Crippen LogP contribution in [0.3, 0.4) is 0 Å². The zero-order valence-electron chi connectivity index (χ0n) is 13.0. The number of hydrogen-bond acceptors (Lipinski definition) is 5. The molecule has 1 N–H and O–H groups in total. The number of rotatable bonds is 5. The summed E-state index contributed by atoms with van der Waals surface area (Å²) in [7, 11) is 1.93. The van der Waals surface area contributed by atoms with Gasteiger partial charge in [0.25, 0.3) is 0 Å². The molecule has 0 aliphatic carbocycles. The van der Waals surface area contributed by atoms with Crippen LogP contribution in [0.5, 0.6) is 0 Å². The second-order valence-electron chi connectivity index (χ2n) is 5.22. The highest BCUT2D eigenvalue weighted by Crippen LogP contribution is 2.20. The summed E-state index contributed by atoms with van der Waals surface area (Å²) in [4.78, 5) is 0. The maximum Gasteiger partial charge on any atom is 0.247 e. The normalized spacial score (nSPS) is 10.9. The van der Waals surface area contributed by atoms with Crippen LogP contribution in [0.4, 0.5) is 5.69 Å². The third-order valence-corrected chi connectivity index (χ3v) is 3.48. The minimum atomic E-state index is 0.559. The summed E-state index contributed by atoms with van der Waals surface area (Å²) < 4.78 is 7.38. The Bertz CT molecular complexity index is 757. The molecule has 0 aliphatic heterocycles. The van der Waals surface area contributed by atoms with Crippen molar-refractivity contribution >= 4 is 5.69 Å². The van der Waals surface area contributed by atoms with Crippen LogP contribution in [0.25, 0.3) is 11.5 Å². The molecule has 0 saturated carbocycles. The molecule has 3 rings (SSSR count). The van der Waals surface area contributed by atoms with Gasteiger partial charge in [0, 0.05) is 30.9 Å². The van der Waals surface area contributed by atoms with E-state index >= 15 is 0 Å². The van der Waals surface area contributed by atoms with Crippen molar-refractivity contribution in [1.29, 1.82) is 0 Å². The van der Waals surface area contributed by atoms with E-state index in [-0.39, 0.29) is 0 Å². The van der Waals surface area contributed by atoms with Crippen molar-refractivity contribution in [2.75, 3.05) is 5.32 Å². The van der Waals surface area contributed by atoms with E-state index in [1.165, 1.54) is 5.56 Å². The van der Waals surface area contributed by atoms with E-state index in [1.54, 1.807) is 0 Å². The van der Waals surface area contributed by atoms with Crippen LogP contribution in [-0.4, -0.2) is 20.0 Å². The number of nitrogens with one attached hydrogen (secondary N) is 1.